The van der Waals surface area contributed by atoms with Gasteiger partial charge in [-0.15, -0.1) is 0 Å². The Morgan fingerprint density at radius 2 is 2.06 bits per heavy atom. The van der Waals surface area contributed by atoms with Crippen LogP contribution in [0, 0.1) is 0 Å². The number of amidine groups is 1. The molecule has 0 aliphatic carbocycles. The first-order valence-electron chi connectivity index (χ1n) is 5.96. The van der Waals surface area contributed by atoms with Crippen molar-refractivity contribution in [1.29, 1.82) is 0 Å². The second kappa shape index (κ2) is 3.47. The Morgan fingerprint density at radius 3 is 2.76 bits per heavy atom. The summed E-state index contributed by atoms with van der Waals surface area (Å²) in [5.41, 5.74) is 0.775. The van der Waals surface area contributed by atoms with Gasteiger partial charge >= 0.3 is 0 Å². The zero-order valence-electron chi connectivity index (χ0n) is 10.4. The Bertz CT molecular complexity index is 459. The van der Waals surface area contributed by atoms with Crippen LogP contribution in [0.2, 0.25) is 0 Å². The molecule has 0 amide bonds. The van der Waals surface area contributed by atoms with Gasteiger partial charge in [0.15, 0.2) is 5.84 Å². The Morgan fingerprint density at radius 1 is 1.35 bits per heavy atom. The van der Waals surface area contributed by atoms with Crippen LogP contribution in [-0.2, 0) is 4.84 Å². The summed E-state index contributed by atoms with van der Waals surface area (Å²) in [5.74, 6) is 0.903. The number of rotatable bonds is 1. The molecule has 1 aromatic carbocycles. The second-order valence-electron chi connectivity index (χ2n) is 4.99. The molecular formula is C13H17N3O. The summed E-state index contributed by atoms with van der Waals surface area (Å²) in [4.78, 5) is 5.64. The first-order chi connectivity index (χ1) is 8.12. The number of hydrazine groups is 1. The lowest BCUT2D eigenvalue weighted by Crippen LogP contribution is -2.47. The minimum Gasteiger partial charge on any atom is -0.364 e. The molecule has 2 aliphatic rings. The van der Waals surface area contributed by atoms with E-state index in [0.29, 0.717) is 6.04 Å². The number of fused-ring (bicyclic) bond motifs is 1. The third-order valence-electron chi connectivity index (χ3n) is 3.64. The Labute approximate surface area is 101 Å². The van der Waals surface area contributed by atoms with Gasteiger partial charge in [0, 0.05) is 25.1 Å². The van der Waals surface area contributed by atoms with E-state index in [-0.39, 0.29) is 5.72 Å². The first kappa shape index (κ1) is 10.6. The number of hydrogen-bond acceptors (Lipinski definition) is 4. The molecule has 0 saturated carbocycles. The molecule has 0 unspecified atom stereocenters. The fourth-order valence-electron chi connectivity index (χ4n) is 2.69. The molecule has 17 heavy (non-hydrogen) atoms. The van der Waals surface area contributed by atoms with Crippen LogP contribution in [-0.4, -0.2) is 34.7 Å². The molecule has 4 heteroatoms. The van der Waals surface area contributed by atoms with Crippen molar-refractivity contribution in [3.63, 3.8) is 0 Å². The summed E-state index contributed by atoms with van der Waals surface area (Å²) in [6, 6.07) is 10.6. The lowest BCUT2D eigenvalue weighted by atomic mass is 10.1. The summed E-state index contributed by atoms with van der Waals surface area (Å²) >= 11 is 0. The Kier molecular flexibility index (Phi) is 2.16. The highest BCUT2D eigenvalue weighted by molar-refractivity contribution is 5.99. The van der Waals surface area contributed by atoms with Gasteiger partial charge in [0.05, 0.1) is 0 Å². The van der Waals surface area contributed by atoms with E-state index < -0.39 is 0 Å². The van der Waals surface area contributed by atoms with Crippen molar-refractivity contribution in [2.75, 3.05) is 7.05 Å². The number of oxime groups is 1. The molecule has 1 saturated heterocycles. The van der Waals surface area contributed by atoms with Gasteiger partial charge in [-0.05, 0) is 13.8 Å². The van der Waals surface area contributed by atoms with Crippen LogP contribution >= 0.6 is 0 Å². The molecule has 2 heterocycles. The molecule has 1 fully saturated rings. The van der Waals surface area contributed by atoms with E-state index in [0.717, 1.165) is 17.8 Å². The van der Waals surface area contributed by atoms with Crippen molar-refractivity contribution in [3.05, 3.63) is 35.9 Å². The second-order valence-corrected chi connectivity index (χ2v) is 4.99. The summed E-state index contributed by atoms with van der Waals surface area (Å²) in [6.07, 6.45) is 0.962. The van der Waals surface area contributed by atoms with Gasteiger partial charge in [0.2, 0.25) is 5.72 Å². The maximum Gasteiger partial charge on any atom is 0.223 e. The minimum atomic E-state index is -0.320. The Balaban J connectivity index is 1.99. The lowest BCUT2D eigenvalue weighted by Gasteiger charge is -2.31. The largest absolute Gasteiger partial charge is 0.364 e. The van der Waals surface area contributed by atoms with Crippen LogP contribution in [0.5, 0.6) is 0 Å². The number of nitrogens with zero attached hydrogens (tertiary/aromatic N) is 3. The summed E-state index contributed by atoms with van der Waals surface area (Å²) < 4.78 is 0. The van der Waals surface area contributed by atoms with Gasteiger partial charge in [-0.2, -0.15) is 0 Å². The quantitative estimate of drug-likeness (QED) is 0.740. The molecular weight excluding hydrogens is 214 g/mol. The smallest absolute Gasteiger partial charge is 0.223 e. The van der Waals surface area contributed by atoms with Gasteiger partial charge < -0.3 is 4.84 Å². The third-order valence-corrected chi connectivity index (χ3v) is 3.64. The summed E-state index contributed by atoms with van der Waals surface area (Å²) in [5, 5.41) is 8.61. The van der Waals surface area contributed by atoms with Crippen LogP contribution in [0.15, 0.2) is 35.5 Å². The van der Waals surface area contributed by atoms with Crippen molar-refractivity contribution in [2.24, 2.45) is 5.16 Å². The van der Waals surface area contributed by atoms with E-state index in [1.54, 1.807) is 0 Å². The highest BCUT2D eigenvalue weighted by Gasteiger charge is 2.52. The monoisotopic (exact) mass is 231 g/mol. The van der Waals surface area contributed by atoms with Crippen LogP contribution in [0.1, 0.15) is 25.8 Å². The average molecular weight is 231 g/mol. The van der Waals surface area contributed by atoms with Crippen LogP contribution < -0.4 is 0 Å². The van der Waals surface area contributed by atoms with E-state index >= 15 is 0 Å². The molecule has 2 atom stereocenters. The normalized spacial score (nSPS) is 32.3. The van der Waals surface area contributed by atoms with Crippen molar-refractivity contribution in [1.82, 2.24) is 10.0 Å². The van der Waals surface area contributed by atoms with Crippen molar-refractivity contribution >= 4 is 5.84 Å². The van der Waals surface area contributed by atoms with E-state index in [4.69, 9.17) is 4.84 Å². The molecule has 1 aromatic rings. The lowest BCUT2D eigenvalue weighted by molar-refractivity contribution is -0.107. The summed E-state index contributed by atoms with van der Waals surface area (Å²) in [6.45, 7) is 4.29. The third kappa shape index (κ3) is 1.44. The predicted molar refractivity (Wildman–Crippen MR) is 66.2 cm³/mol. The zero-order chi connectivity index (χ0) is 12.0. The van der Waals surface area contributed by atoms with Gasteiger partial charge in [-0.25, -0.2) is 10.0 Å². The fourth-order valence-corrected chi connectivity index (χ4v) is 2.69. The van der Waals surface area contributed by atoms with E-state index in [2.05, 4.69) is 48.2 Å². The van der Waals surface area contributed by atoms with Gasteiger partial charge in [0.25, 0.3) is 0 Å². The van der Waals surface area contributed by atoms with E-state index in [9.17, 15) is 0 Å². The summed E-state index contributed by atoms with van der Waals surface area (Å²) in [7, 11) is 2.09. The van der Waals surface area contributed by atoms with Gasteiger partial charge in [-0.1, -0.05) is 35.5 Å². The minimum absolute atomic E-state index is 0.320. The molecule has 0 N–H and O–H groups in total. The van der Waals surface area contributed by atoms with Crippen LogP contribution in [0.25, 0.3) is 0 Å². The van der Waals surface area contributed by atoms with Gasteiger partial charge in [0.1, 0.15) is 0 Å². The van der Waals surface area contributed by atoms with E-state index in [1.807, 2.05) is 18.2 Å². The van der Waals surface area contributed by atoms with Crippen molar-refractivity contribution in [2.45, 2.75) is 32.0 Å². The maximum absolute atomic E-state index is 5.64. The number of benzene rings is 1. The van der Waals surface area contributed by atoms with Crippen molar-refractivity contribution < 1.29 is 4.84 Å². The van der Waals surface area contributed by atoms with Gasteiger partial charge in [-0.3, -0.25) is 0 Å². The molecule has 90 valence electrons. The molecule has 3 rings (SSSR count). The number of hydrogen-bond donors (Lipinski definition) is 0. The molecule has 0 spiro atoms. The highest BCUT2D eigenvalue weighted by Crippen LogP contribution is 2.39. The van der Waals surface area contributed by atoms with Crippen LogP contribution in [0.3, 0.4) is 0 Å². The zero-order valence-corrected chi connectivity index (χ0v) is 10.4. The maximum atomic E-state index is 5.64. The average Bonchev–Trinajstić information content (AvgIpc) is 2.76. The Hall–Kier alpha value is -1.55. The first-order valence-corrected chi connectivity index (χ1v) is 5.96. The standard InChI is InChI=1S/C13H17N3O/c1-10-9-13(2)16(15(10)3)12(14-17-13)11-7-5-4-6-8-11/h4-8,10H,9H2,1-3H3/t10-,13+/m1/s1. The molecule has 0 radical (unpaired) electrons. The predicted octanol–water partition coefficient (Wildman–Crippen LogP) is 2.04. The topological polar surface area (TPSA) is 28.1 Å². The molecule has 0 bridgehead atoms. The molecule has 4 nitrogen and oxygen atoms in total. The molecule has 0 aromatic heterocycles. The SMILES string of the molecule is C[C@@H]1C[C@]2(C)ON=C(c3ccccc3)N2N1C. The fraction of sp³-hybridized carbons (Fsp3) is 0.462. The van der Waals surface area contributed by atoms with E-state index in [1.165, 1.54) is 0 Å². The highest BCUT2D eigenvalue weighted by atomic mass is 16.7. The van der Waals surface area contributed by atoms with Crippen LogP contribution in [0.4, 0.5) is 0 Å². The van der Waals surface area contributed by atoms with Crippen molar-refractivity contribution in [3.8, 4) is 0 Å². The molecule has 2 aliphatic heterocycles.